The standard InChI is InChI=1S/C11H9F2NOS/c12-10(13)9-5-7(11(14)16)6-3-1-2-4-8(6)15-9/h1-5,9-10H,(H2,14,16). The number of alkyl halides is 2. The lowest BCUT2D eigenvalue weighted by atomic mass is 10.0. The Bertz CT molecular complexity index is 459. The number of hydrogen-bond acceptors (Lipinski definition) is 2. The van der Waals surface area contributed by atoms with Gasteiger partial charge in [0, 0.05) is 11.1 Å². The van der Waals surface area contributed by atoms with Gasteiger partial charge in [0.1, 0.15) is 10.7 Å². The van der Waals surface area contributed by atoms with Crippen molar-refractivity contribution in [1.29, 1.82) is 0 Å². The van der Waals surface area contributed by atoms with Gasteiger partial charge < -0.3 is 10.5 Å². The zero-order chi connectivity index (χ0) is 11.7. The Labute approximate surface area is 96.7 Å². The third kappa shape index (κ3) is 1.90. The summed E-state index contributed by atoms with van der Waals surface area (Å²) in [6.45, 7) is 0. The van der Waals surface area contributed by atoms with Gasteiger partial charge in [0.05, 0.1) is 0 Å². The zero-order valence-electron chi connectivity index (χ0n) is 8.19. The maximum atomic E-state index is 12.6. The fourth-order valence-electron chi connectivity index (χ4n) is 1.57. The molecular weight excluding hydrogens is 232 g/mol. The van der Waals surface area contributed by atoms with Gasteiger partial charge in [0.15, 0.2) is 6.10 Å². The molecule has 1 aromatic rings. The molecule has 0 saturated heterocycles. The molecule has 0 spiro atoms. The van der Waals surface area contributed by atoms with Crippen LogP contribution in [0.3, 0.4) is 0 Å². The summed E-state index contributed by atoms with van der Waals surface area (Å²) in [6, 6.07) is 6.85. The minimum Gasteiger partial charge on any atom is -0.480 e. The van der Waals surface area contributed by atoms with Crippen LogP contribution < -0.4 is 10.5 Å². The highest BCUT2D eigenvalue weighted by Gasteiger charge is 2.27. The van der Waals surface area contributed by atoms with Crippen LogP contribution in [0.4, 0.5) is 8.78 Å². The first-order chi connectivity index (χ1) is 7.59. The van der Waals surface area contributed by atoms with Gasteiger partial charge in [-0.15, -0.1) is 0 Å². The van der Waals surface area contributed by atoms with Gasteiger partial charge in [-0.2, -0.15) is 0 Å². The third-order valence-corrected chi connectivity index (χ3v) is 2.50. The number of hydrogen-bond donors (Lipinski definition) is 1. The molecule has 0 aliphatic carbocycles. The number of ether oxygens (including phenoxy) is 1. The second-order valence-electron chi connectivity index (χ2n) is 3.36. The van der Waals surface area contributed by atoms with E-state index >= 15 is 0 Å². The van der Waals surface area contributed by atoms with E-state index in [1.807, 2.05) is 0 Å². The Morgan fingerprint density at radius 2 is 2.06 bits per heavy atom. The Morgan fingerprint density at radius 3 is 2.69 bits per heavy atom. The fourth-order valence-corrected chi connectivity index (χ4v) is 1.74. The zero-order valence-corrected chi connectivity index (χ0v) is 9.01. The molecule has 0 bridgehead atoms. The predicted molar refractivity (Wildman–Crippen MR) is 61.6 cm³/mol. The van der Waals surface area contributed by atoms with Gasteiger partial charge >= 0.3 is 0 Å². The molecule has 84 valence electrons. The van der Waals surface area contributed by atoms with Crippen LogP contribution in [0.15, 0.2) is 30.3 Å². The summed E-state index contributed by atoms with van der Waals surface area (Å²) in [7, 11) is 0. The van der Waals surface area contributed by atoms with Gasteiger partial charge in [-0.05, 0) is 12.1 Å². The number of benzene rings is 1. The maximum Gasteiger partial charge on any atom is 0.278 e. The Morgan fingerprint density at radius 1 is 1.38 bits per heavy atom. The molecule has 0 saturated carbocycles. The lowest BCUT2D eigenvalue weighted by Crippen LogP contribution is -2.28. The normalized spacial score (nSPS) is 18.7. The summed E-state index contributed by atoms with van der Waals surface area (Å²) in [4.78, 5) is 0.0985. The average Bonchev–Trinajstić information content (AvgIpc) is 2.27. The molecule has 2 rings (SSSR count). The molecule has 0 amide bonds. The SMILES string of the molecule is NC(=S)C1=CC(C(F)F)Oc2ccccc21. The van der Waals surface area contributed by atoms with Gasteiger partial charge in [-0.1, -0.05) is 30.4 Å². The first-order valence-electron chi connectivity index (χ1n) is 4.65. The number of fused-ring (bicyclic) bond motifs is 1. The van der Waals surface area contributed by atoms with Crippen LogP contribution >= 0.6 is 12.2 Å². The maximum absolute atomic E-state index is 12.6. The molecule has 1 aromatic carbocycles. The van der Waals surface area contributed by atoms with Gasteiger partial charge in [-0.25, -0.2) is 8.78 Å². The quantitative estimate of drug-likeness (QED) is 0.807. The molecule has 2 nitrogen and oxygen atoms in total. The van der Waals surface area contributed by atoms with Crippen LogP contribution in [-0.2, 0) is 0 Å². The molecule has 1 aliphatic heterocycles. The highest BCUT2D eigenvalue weighted by Crippen LogP contribution is 2.33. The van der Waals surface area contributed by atoms with Crippen molar-refractivity contribution >= 4 is 22.8 Å². The minimum absolute atomic E-state index is 0.0985. The number of thiocarbonyl (C=S) groups is 1. The van der Waals surface area contributed by atoms with E-state index in [-0.39, 0.29) is 4.99 Å². The van der Waals surface area contributed by atoms with E-state index in [0.717, 1.165) is 0 Å². The molecule has 1 heterocycles. The van der Waals surface area contributed by atoms with Crippen molar-refractivity contribution in [3.8, 4) is 5.75 Å². The summed E-state index contributed by atoms with van der Waals surface area (Å²) >= 11 is 4.84. The average molecular weight is 241 g/mol. The highest BCUT2D eigenvalue weighted by atomic mass is 32.1. The van der Waals surface area contributed by atoms with E-state index in [1.54, 1.807) is 24.3 Å². The number of para-hydroxylation sites is 1. The van der Waals surface area contributed by atoms with Crippen LogP contribution in [0.2, 0.25) is 0 Å². The van der Waals surface area contributed by atoms with Gasteiger partial charge in [-0.3, -0.25) is 0 Å². The van der Waals surface area contributed by atoms with Crippen molar-refractivity contribution in [2.45, 2.75) is 12.5 Å². The summed E-state index contributed by atoms with van der Waals surface area (Å²) in [5.74, 6) is 0.387. The molecule has 0 radical (unpaired) electrons. The molecule has 2 N–H and O–H groups in total. The topological polar surface area (TPSA) is 35.2 Å². The monoisotopic (exact) mass is 241 g/mol. The smallest absolute Gasteiger partial charge is 0.278 e. The second-order valence-corrected chi connectivity index (χ2v) is 3.80. The van der Waals surface area contributed by atoms with Crippen molar-refractivity contribution in [3.05, 3.63) is 35.9 Å². The second kappa shape index (κ2) is 4.17. The largest absolute Gasteiger partial charge is 0.480 e. The summed E-state index contributed by atoms with van der Waals surface area (Å²) in [6.07, 6.45) is -2.61. The van der Waals surface area contributed by atoms with E-state index < -0.39 is 12.5 Å². The van der Waals surface area contributed by atoms with Crippen LogP contribution in [-0.4, -0.2) is 17.5 Å². The molecule has 1 atom stereocenters. The third-order valence-electron chi connectivity index (χ3n) is 2.29. The van der Waals surface area contributed by atoms with Crippen molar-refractivity contribution in [2.24, 2.45) is 5.73 Å². The van der Waals surface area contributed by atoms with E-state index in [0.29, 0.717) is 16.9 Å². The molecule has 0 fully saturated rings. The van der Waals surface area contributed by atoms with Crippen LogP contribution in [0.25, 0.3) is 5.57 Å². The molecule has 16 heavy (non-hydrogen) atoms. The summed E-state index contributed by atoms with van der Waals surface area (Å²) in [5.41, 5.74) is 6.61. The Hall–Kier alpha value is -1.49. The van der Waals surface area contributed by atoms with Crippen molar-refractivity contribution in [1.82, 2.24) is 0 Å². The molecule has 1 unspecified atom stereocenters. The van der Waals surface area contributed by atoms with Crippen molar-refractivity contribution < 1.29 is 13.5 Å². The number of nitrogens with two attached hydrogens (primary N) is 1. The van der Waals surface area contributed by atoms with Crippen LogP contribution in [0.5, 0.6) is 5.75 Å². The van der Waals surface area contributed by atoms with Gasteiger partial charge in [0.25, 0.3) is 6.43 Å². The first kappa shape index (κ1) is 11.0. The number of halogens is 2. The highest BCUT2D eigenvalue weighted by molar-refractivity contribution is 7.81. The van der Waals surface area contributed by atoms with Crippen LogP contribution in [0, 0.1) is 0 Å². The van der Waals surface area contributed by atoms with Gasteiger partial charge in [0.2, 0.25) is 0 Å². The van der Waals surface area contributed by atoms with Crippen molar-refractivity contribution in [2.75, 3.05) is 0 Å². The number of rotatable bonds is 2. The predicted octanol–water partition coefficient (Wildman–Crippen LogP) is 2.38. The minimum atomic E-state index is -2.60. The molecule has 5 heteroatoms. The summed E-state index contributed by atoms with van der Waals surface area (Å²) in [5, 5.41) is 0. The lowest BCUT2D eigenvalue weighted by Gasteiger charge is -2.24. The van der Waals surface area contributed by atoms with Crippen molar-refractivity contribution in [3.63, 3.8) is 0 Å². The lowest BCUT2D eigenvalue weighted by molar-refractivity contribution is 0.0374. The Kier molecular flexibility index (Phi) is 2.87. The molecule has 0 aromatic heterocycles. The first-order valence-corrected chi connectivity index (χ1v) is 5.06. The van der Waals surface area contributed by atoms with E-state index in [2.05, 4.69) is 0 Å². The van der Waals surface area contributed by atoms with E-state index in [1.165, 1.54) is 6.08 Å². The molecule has 1 aliphatic rings. The van der Waals surface area contributed by atoms with E-state index in [4.69, 9.17) is 22.7 Å². The Balaban J connectivity index is 2.49. The van der Waals surface area contributed by atoms with Crippen LogP contribution in [0.1, 0.15) is 5.56 Å². The molecular formula is C11H9F2NOS. The fraction of sp³-hybridized carbons (Fsp3) is 0.182. The van der Waals surface area contributed by atoms with E-state index in [9.17, 15) is 8.78 Å². The summed E-state index contributed by atoms with van der Waals surface area (Å²) < 4.78 is 30.3.